The SMILES string of the molecule is CN/N=C(\NNC)c1cc(F)cc(CNC(=O)CN2CCN(CC(=O)O)CCN(CC(=O)O)CCN(CC(=O)O)CC2)c1. The van der Waals surface area contributed by atoms with E-state index in [4.69, 9.17) is 0 Å². The summed E-state index contributed by atoms with van der Waals surface area (Å²) in [6.45, 7) is 1.54. The molecule has 1 aliphatic heterocycles. The zero-order valence-corrected chi connectivity index (χ0v) is 24.5. The Kier molecular flexibility index (Phi) is 15.3. The van der Waals surface area contributed by atoms with Crippen LogP contribution in [-0.2, 0) is 25.7 Å². The summed E-state index contributed by atoms with van der Waals surface area (Å²) in [6, 6.07) is 4.29. The van der Waals surface area contributed by atoms with Crippen LogP contribution >= 0.6 is 0 Å². The first-order valence-corrected chi connectivity index (χ1v) is 13.8. The van der Waals surface area contributed by atoms with Gasteiger partial charge in [0.05, 0.1) is 26.2 Å². The number of hydrazine groups is 1. The molecule has 1 aliphatic rings. The first-order valence-electron chi connectivity index (χ1n) is 13.8. The fraction of sp³-hybridized carbons (Fsp3) is 0.577. The number of benzene rings is 1. The smallest absolute Gasteiger partial charge is 0.317 e. The minimum Gasteiger partial charge on any atom is -0.480 e. The molecule has 1 aromatic rings. The number of amides is 1. The van der Waals surface area contributed by atoms with Gasteiger partial charge in [-0.25, -0.2) is 9.82 Å². The number of aliphatic carboxylic acids is 3. The van der Waals surface area contributed by atoms with Crippen LogP contribution in [0.3, 0.4) is 0 Å². The highest BCUT2D eigenvalue weighted by Gasteiger charge is 2.21. The number of hydrogen-bond donors (Lipinski definition) is 7. The Bertz CT molecular complexity index is 1090. The summed E-state index contributed by atoms with van der Waals surface area (Å²) in [7, 11) is 3.24. The predicted molar refractivity (Wildman–Crippen MR) is 155 cm³/mol. The molecule has 2 rings (SSSR count). The van der Waals surface area contributed by atoms with Crippen molar-refractivity contribution in [3.8, 4) is 0 Å². The molecule has 0 atom stereocenters. The molecule has 0 radical (unpaired) electrons. The molecule has 240 valence electrons. The van der Waals surface area contributed by atoms with E-state index < -0.39 is 23.7 Å². The van der Waals surface area contributed by atoms with Crippen molar-refractivity contribution in [1.29, 1.82) is 0 Å². The Balaban J connectivity index is 2.13. The Morgan fingerprint density at radius 2 is 1.19 bits per heavy atom. The number of carbonyl (C=O) groups is 4. The van der Waals surface area contributed by atoms with Gasteiger partial charge in [0, 0.05) is 78.6 Å². The first kappa shape index (κ1) is 35.3. The van der Waals surface area contributed by atoms with Gasteiger partial charge in [-0.3, -0.25) is 38.8 Å². The summed E-state index contributed by atoms with van der Waals surface area (Å²) in [4.78, 5) is 54.0. The summed E-state index contributed by atoms with van der Waals surface area (Å²) >= 11 is 0. The molecule has 7 N–H and O–H groups in total. The number of hydrogen-bond acceptors (Lipinski definition) is 11. The number of rotatable bonds is 13. The highest BCUT2D eigenvalue weighted by molar-refractivity contribution is 5.98. The molecule has 0 bridgehead atoms. The molecule has 0 aliphatic carbocycles. The van der Waals surface area contributed by atoms with Crippen LogP contribution in [0, 0.1) is 5.82 Å². The number of carboxylic acid groups (broad SMARTS) is 3. The van der Waals surface area contributed by atoms with Gasteiger partial charge in [-0.2, -0.15) is 5.10 Å². The summed E-state index contributed by atoms with van der Waals surface area (Å²) < 4.78 is 14.4. The second-order valence-electron chi connectivity index (χ2n) is 9.97. The number of carboxylic acids is 3. The molecule has 1 heterocycles. The Morgan fingerprint density at radius 1 is 0.744 bits per heavy atom. The predicted octanol–water partition coefficient (Wildman–Crippen LogP) is -2.48. The van der Waals surface area contributed by atoms with Crippen LogP contribution in [0.2, 0.25) is 0 Å². The molecule has 1 amide bonds. The van der Waals surface area contributed by atoms with E-state index in [1.807, 2.05) is 0 Å². The molecular weight excluding hydrogens is 569 g/mol. The molecule has 0 aromatic heterocycles. The van der Waals surface area contributed by atoms with Gasteiger partial charge in [0.15, 0.2) is 5.84 Å². The zero-order valence-electron chi connectivity index (χ0n) is 24.5. The van der Waals surface area contributed by atoms with Crippen LogP contribution < -0.4 is 21.6 Å². The van der Waals surface area contributed by atoms with Crippen LogP contribution in [0.25, 0.3) is 0 Å². The van der Waals surface area contributed by atoms with Crippen molar-refractivity contribution in [3.63, 3.8) is 0 Å². The third kappa shape index (κ3) is 14.2. The quantitative estimate of drug-likeness (QED) is 0.0702. The number of hydrazone groups is 1. The van der Waals surface area contributed by atoms with E-state index in [0.29, 0.717) is 43.1 Å². The molecule has 0 spiro atoms. The molecule has 0 unspecified atom stereocenters. The van der Waals surface area contributed by atoms with Crippen LogP contribution in [0.5, 0.6) is 0 Å². The monoisotopic (exact) mass is 611 g/mol. The highest BCUT2D eigenvalue weighted by atomic mass is 19.1. The minimum absolute atomic E-state index is 0.0412. The van der Waals surface area contributed by atoms with Crippen LogP contribution in [0.15, 0.2) is 23.3 Å². The normalized spacial score (nSPS) is 17.0. The zero-order chi connectivity index (χ0) is 31.8. The van der Waals surface area contributed by atoms with Crippen molar-refractivity contribution in [2.45, 2.75) is 6.54 Å². The van der Waals surface area contributed by atoms with Crippen molar-refractivity contribution in [3.05, 3.63) is 35.1 Å². The van der Waals surface area contributed by atoms with Gasteiger partial charge in [-0.1, -0.05) is 0 Å². The van der Waals surface area contributed by atoms with E-state index in [-0.39, 0.29) is 64.8 Å². The minimum atomic E-state index is -1.03. The summed E-state index contributed by atoms with van der Waals surface area (Å²) in [5, 5.41) is 34.9. The largest absolute Gasteiger partial charge is 0.480 e. The van der Waals surface area contributed by atoms with E-state index >= 15 is 0 Å². The average molecular weight is 612 g/mol. The Hall–Kier alpha value is -3.90. The Morgan fingerprint density at radius 3 is 1.58 bits per heavy atom. The lowest BCUT2D eigenvalue weighted by atomic mass is 10.1. The number of nitrogens with one attached hydrogen (secondary N) is 4. The van der Waals surface area contributed by atoms with Gasteiger partial charge in [0.2, 0.25) is 5.91 Å². The van der Waals surface area contributed by atoms with Crippen molar-refractivity contribution in [1.82, 2.24) is 41.2 Å². The lowest BCUT2D eigenvalue weighted by molar-refractivity contribution is -0.140. The molecule has 43 heavy (non-hydrogen) atoms. The third-order valence-corrected chi connectivity index (χ3v) is 6.56. The maximum atomic E-state index is 14.4. The van der Waals surface area contributed by atoms with Gasteiger partial charge >= 0.3 is 17.9 Å². The molecular formula is C26H42FN9O7. The second-order valence-corrected chi connectivity index (χ2v) is 9.97. The molecule has 1 saturated heterocycles. The van der Waals surface area contributed by atoms with Gasteiger partial charge in [0.1, 0.15) is 5.82 Å². The number of nitrogens with zero attached hydrogens (tertiary/aromatic N) is 5. The highest BCUT2D eigenvalue weighted by Crippen LogP contribution is 2.10. The van der Waals surface area contributed by atoms with E-state index in [2.05, 4.69) is 26.7 Å². The van der Waals surface area contributed by atoms with Crippen molar-refractivity contribution >= 4 is 29.7 Å². The lowest BCUT2D eigenvalue weighted by Crippen LogP contribution is -2.49. The molecule has 16 nitrogen and oxygen atoms in total. The van der Waals surface area contributed by atoms with Gasteiger partial charge in [-0.15, -0.1) is 0 Å². The maximum Gasteiger partial charge on any atom is 0.317 e. The first-order chi connectivity index (χ1) is 20.5. The van der Waals surface area contributed by atoms with E-state index in [1.165, 1.54) is 12.1 Å². The third-order valence-electron chi connectivity index (χ3n) is 6.56. The van der Waals surface area contributed by atoms with Gasteiger partial charge in [0.25, 0.3) is 0 Å². The molecule has 17 heteroatoms. The van der Waals surface area contributed by atoms with Gasteiger partial charge < -0.3 is 31.5 Å². The van der Waals surface area contributed by atoms with Crippen LogP contribution in [-0.4, -0.2) is 157 Å². The van der Waals surface area contributed by atoms with Crippen molar-refractivity contribution < 1.29 is 38.9 Å². The standard InChI is InChI=1S/C26H42FN9O7/c1-28-31-26(32-29-2)20-11-19(12-21(27)13-20)14-30-22(37)15-33-3-5-34(16-23(38)39)7-9-36(18-25(42)43)10-8-35(6-4-33)17-24(40)41/h11-13,28-29H,3-10,14-18H2,1-2H3,(H,30,37)(H,31,32)(H,38,39)(H,40,41)(H,42,43). The second kappa shape index (κ2) is 18.6. The lowest BCUT2D eigenvalue weighted by Gasteiger charge is -2.32. The summed E-state index contributed by atoms with van der Waals surface area (Å²) in [6.07, 6.45) is 0. The van der Waals surface area contributed by atoms with E-state index in [9.17, 15) is 38.9 Å². The molecule has 1 aromatic carbocycles. The van der Waals surface area contributed by atoms with E-state index in [1.54, 1.807) is 39.8 Å². The van der Waals surface area contributed by atoms with Gasteiger partial charge in [-0.05, 0) is 23.8 Å². The molecule has 0 saturated carbocycles. The van der Waals surface area contributed by atoms with Crippen molar-refractivity contribution in [2.75, 3.05) is 92.6 Å². The summed E-state index contributed by atoms with van der Waals surface area (Å²) in [5.74, 6) is -3.61. The number of halogens is 1. The maximum absolute atomic E-state index is 14.4. The van der Waals surface area contributed by atoms with E-state index in [0.717, 1.165) is 0 Å². The number of carbonyl (C=O) groups excluding carboxylic acids is 1. The van der Waals surface area contributed by atoms with Crippen molar-refractivity contribution in [2.24, 2.45) is 5.10 Å². The van der Waals surface area contributed by atoms with Crippen LogP contribution in [0.1, 0.15) is 11.1 Å². The topological polar surface area (TPSA) is 202 Å². The fourth-order valence-electron chi connectivity index (χ4n) is 4.53. The van der Waals surface area contributed by atoms with Crippen LogP contribution in [0.4, 0.5) is 4.39 Å². The number of amidine groups is 1. The fourth-order valence-corrected chi connectivity index (χ4v) is 4.53. The Labute approximate surface area is 249 Å². The average Bonchev–Trinajstić information content (AvgIpc) is 2.92. The molecule has 1 fully saturated rings. The summed E-state index contributed by atoms with van der Waals surface area (Å²) in [5.41, 5.74) is 9.14.